The van der Waals surface area contributed by atoms with Crippen molar-refractivity contribution in [3.05, 3.63) is 69.1 Å². The van der Waals surface area contributed by atoms with E-state index in [1.807, 2.05) is 0 Å². The summed E-state index contributed by atoms with van der Waals surface area (Å²) >= 11 is 9.27. The second-order valence-corrected chi connectivity index (χ2v) is 6.64. The number of furan rings is 1. The zero-order valence-corrected chi connectivity index (χ0v) is 16.0. The SMILES string of the molecule is Cn1ncc(Br)c1CNC(=O)c1ccc(COc2ccc(F)cc2Cl)o1. The number of nitrogens with zero attached hydrogens (tertiary/aromatic N) is 2. The van der Waals surface area contributed by atoms with Crippen molar-refractivity contribution in [2.24, 2.45) is 7.05 Å². The van der Waals surface area contributed by atoms with Gasteiger partial charge in [-0.05, 0) is 46.3 Å². The van der Waals surface area contributed by atoms with Gasteiger partial charge in [0, 0.05) is 7.05 Å². The summed E-state index contributed by atoms with van der Waals surface area (Å²) < 4.78 is 26.4. The summed E-state index contributed by atoms with van der Waals surface area (Å²) in [5.74, 6) is 0.129. The number of aromatic nitrogens is 2. The predicted molar refractivity (Wildman–Crippen MR) is 96.5 cm³/mol. The van der Waals surface area contributed by atoms with E-state index in [2.05, 4.69) is 26.3 Å². The molecule has 0 saturated carbocycles. The van der Waals surface area contributed by atoms with E-state index in [-0.39, 0.29) is 23.3 Å². The number of aryl methyl sites for hydroxylation is 1. The number of amides is 1. The first-order chi connectivity index (χ1) is 12.4. The van der Waals surface area contributed by atoms with Gasteiger partial charge < -0.3 is 14.5 Å². The molecule has 0 bridgehead atoms. The Balaban J connectivity index is 1.57. The zero-order chi connectivity index (χ0) is 18.7. The van der Waals surface area contributed by atoms with Crippen LogP contribution in [-0.4, -0.2) is 15.7 Å². The smallest absolute Gasteiger partial charge is 0.287 e. The minimum Gasteiger partial charge on any atom is -0.484 e. The Hall–Kier alpha value is -2.32. The third kappa shape index (κ3) is 4.25. The molecule has 2 aromatic heterocycles. The maximum absolute atomic E-state index is 13.0. The van der Waals surface area contributed by atoms with Crippen LogP contribution in [0.3, 0.4) is 0 Å². The van der Waals surface area contributed by atoms with Crippen LogP contribution in [0, 0.1) is 5.82 Å². The molecule has 0 radical (unpaired) electrons. The molecule has 1 N–H and O–H groups in total. The summed E-state index contributed by atoms with van der Waals surface area (Å²) in [6.45, 7) is 0.361. The Bertz CT molecular complexity index is 922. The van der Waals surface area contributed by atoms with Crippen LogP contribution in [0.25, 0.3) is 0 Å². The average Bonchev–Trinajstić information content (AvgIpc) is 3.19. The highest BCUT2D eigenvalue weighted by atomic mass is 79.9. The second-order valence-electron chi connectivity index (χ2n) is 5.37. The maximum atomic E-state index is 13.0. The number of halogens is 3. The minimum absolute atomic E-state index is 0.0614. The van der Waals surface area contributed by atoms with E-state index in [9.17, 15) is 9.18 Å². The van der Waals surface area contributed by atoms with E-state index in [0.717, 1.165) is 16.2 Å². The van der Waals surface area contributed by atoms with Crippen molar-refractivity contribution in [3.63, 3.8) is 0 Å². The van der Waals surface area contributed by atoms with E-state index < -0.39 is 5.82 Å². The molecule has 0 spiro atoms. The highest BCUT2D eigenvalue weighted by Gasteiger charge is 2.14. The van der Waals surface area contributed by atoms with Gasteiger partial charge in [0.15, 0.2) is 5.76 Å². The van der Waals surface area contributed by atoms with Gasteiger partial charge in [-0.15, -0.1) is 0 Å². The monoisotopic (exact) mass is 441 g/mol. The first kappa shape index (κ1) is 18.5. The van der Waals surface area contributed by atoms with Gasteiger partial charge >= 0.3 is 0 Å². The van der Waals surface area contributed by atoms with Crippen LogP contribution in [0.2, 0.25) is 5.02 Å². The topological polar surface area (TPSA) is 69.3 Å². The van der Waals surface area contributed by atoms with Crippen LogP contribution < -0.4 is 10.1 Å². The third-order valence-corrected chi connectivity index (χ3v) is 4.53. The molecule has 0 fully saturated rings. The van der Waals surface area contributed by atoms with Gasteiger partial charge in [-0.1, -0.05) is 11.6 Å². The van der Waals surface area contributed by atoms with Crippen molar-refractivity contribution in [3.8, 4) is 5.75 Å². The van der Waals surface area contributed by atoms with E-state index in [1.165, 1.54) is 12.1 Å². The maximum Gasteiger partial charge on any atom is 0.287 e. The molecule has 0 aliphatic heterocycles. The minimum atomic E-state index is -0.445. The highest BCUT2D eigenvalue weighted by molar-refractivity contribution is 9.10. The van der Waals surface area contributed by atoms with E-state index in [1.54, 1.807) is 30.1 Å². The number of carbonyl (C=O) groups excluding carboxylic acids is 1. The Morgan fingerprint density at radius 3 is 2.92 bits per heavy atom. The van der Waals surface area contributed by atoms with Crippen molar-refractivity contribution in [2.75, 3.05) is 0 Å². The Kier molecular flexibility index (Phi) is 5.63. The fourth-order valence-electron chi connectivity index (χ4n) is 2.20. The van der Waals surface area contributed by atoms with E-state index >= 15 is 0 Å². The van der Waals surface area contributed by atoms with Gasteiger partial charge in [-0.25, -0.2) is 4.39 Å². The fourth-order valence-corrected chi connectivity index (χ4v) is 2.91. The fraction of sp³-hybridized carbons (Fsp3) is 0.176. The molecule has 0 aliphatic rings. The van der Waals surface area contributed by atoms with E-state index in [4.69, 9.17) is 20.8 Å². The molecular weight excluding hydrogens is 429 g/mol. The highest BCUT2D eigenvalue weighted by Crippen LogP contribution is 2.26. The van der Waals surface area contributed by atoms with Gasteiger partial charge in [0.2, 0.25) is 0 Å². The molecular formula is C17H14BrClFN3O3. The van der Waals surface area contributed by atoms with Crippen molar-refractivity contribution in [1.29, 1.82) is 0 Å². The largest absolute Gasteiger partial charge is 0.484 e. The molecule has 0 saturated heterocycles. The number of hydrogen-bond donors (Lipinski definition) is 1. The second kappa shape index (κ2) is 7.92. The lowest BCUT2D eigenvalue weighted by Crippen LogP contribution is -2.23. The van der Waals surface area contributed by atoms with Crippen molar-refractivity contribution >= 4 is 33.4 Å². The molecule has 1 amide bonds. The Labute approximate surface area is 162 Å². The molecule has 6 nitrogen and oxygen atoms in total. The predicted octanol–water partition coefficient (Wildman–Crippen LogP) is 4.08. The number of rotatable bonds is 6. The standard InChI is InChI=1S/C17H14BrClFN3O3/c1-23-14(12(18)7-22-23)8-21-17(24)16-5-3-11(26-16)9-25-15-4-2-10(20)6-13(15)19/h2-7H,8-9H2,1H3,(H,21,24). The lowest BCUT2D eigenvalue weighted by molar-refractivity contribution is 0.0918. The third-order valence-electron chi connectivity index (χ3n) is 3.58. The summed E-state index contributed by atoms with van der Waals surface area (Å²) in [5, 5.41) is 7.00. The lowest BCUT2D eigenvalue weighted by atomic mass is 10.3. The van der Waals surface area contributed by atoms with Crippen molar-refractivity contribution in [1.82, 2.24) is 15.1 Å². The first-order valence-electron chi connectivity index (χ1n) is 7.55. The van der Waals surface area contributed by atoms with Crippen molar-refractivity contribution in [2.45, 2.75) is 13.2 Å². The summed E-state index contributed by atoms with van der Waals surface area (Å²) in [6, 6.07) is 7.03. The number of ether oxygens (including phenoxy) is 1. The number of benzene rings is 1. The van der Waals surface area contributed by atoms with E-state index in [0.29, 0.717) is 18.1 Å². The van der Waals surface area contributed by atoms with Gasteiger partial charge in [0.05, 0.1) is 27.9 Å². The van der Waals surface area contributed by atoms with Crippen LogP contribution in [0.15, 0.2) is 45.4 Å². The molecule has 136 valence electrons. The molecule has 26 heavy (non-hydrogen) atoms. The zero-order valence-electron chi connectivity index (χ0n) is 13.6. The average molecular weight is 443 g/mol. The molecule has 0 atom stereocenters. The van der Waals surface area contributed by atoms with Crippen LogP contribution in [0.5, 0.6) is 5.75 Å². The van der Waals surface area contributed by atoms with Crippen LogP contribution in [0.4, 0.5) is 4.39 Å². The first-order valence-corrected chi connectivity index (χ1v) is 8.72. The molecule has 3 aromatic rings. The normalized spacial score (nSPS) is 10.8. The van der Waals surface area contributed by atoms with Gasteiger partial charge in [-0.2, -0.15) is 5.10 Å². The van der Waals surface area contributed by atoms with Gasteiger partial charge in [0.25, 0.3) is 5.91 Å². The number of carbonyl (C=O) groups is 1. The van der Waals surface area contributed by atoms with Gasteiger partial charge in [-0.3, -0.25) is 9.48 Å². The Morgan fingerprint density at radius 1 is 1.42 bits per heavy atom. The van der Waals surface area contributed by atoms with Crippen LogP contribution in [0.1, 0.15) is 22.0 Å². The molecule has 1 aromatic carbocycles. The summed E-state index contributed by atoms with van der Waals surface area (Å²) in [6.07, 6.45) is 1.66. The lowest BCUT2D eigenvalue weighted by Gasteiger charge is -2.06. The molecule has 0 aliphatic carbocycles. The molecule has 2 heterocycles. The Morgan fingerprint density at radius 2 is 2.23 bits per heavy atom. The van der Waals surface area contributed by atoms with Crippen LogP contribution >= 0.6 is 27.5 Å². The quantitative estimate of drug-likeness (QED) is 0.625. The molecule has 0 unspecified atom stereocenters. The molecule has 9 heteroatoms. The summed E-state index contributed by atoms with van der Waals surface area (Å²) in [7, 11) is 1.79. The summed E-state index contributed by atoms with van der Waals surface area (Å²) in [4.78, 5) is 12.2. The number of hydrogen-bond acceptors (Lipinski definition) is 4. The van der Waals surface area contributed by atoms with Crippen molar-refractivity contribution < 1.29 is 18.3 Å². The summed E-state index contributed by atoms with van der Waals surface area (Å²) in [5.41, 5.74) is 0.833. The van der Waals surface area contributed by atoms with Gasteiger partial charge in [0.1, 0.15) is 23.9 Å². The number of nitrogens with one attached hydrogen (secondary N) is 1. The molecule has 3 rings (SSSR count). The van der Waals surface area contributed by atoms with Crippen LogP contribution in [-0.2, 0) is 20.2 Å².